The van der Waals surface area contributed by atoms with Crippen molar-refractivity contribution in [3.63, 3.8) is 0 Å². The molecule has 1 aliphatic heterocycles. The molecular weight excluding hydrogens is 532 g/mol. The van der Waals surface area contributed by atoms with E-state index in [1.54, 1.807) is 16.7 Å². The van der Waals surface area contributed by atoms with Gasteiger partial charge in [0.25, 0.3) is 0 Å². The van der Waals surface area contributed by atoms with Crippen molar-refractivity contribution < 1.29 is 28.7 Å². The number of thioether (sulfide) groups is 1. The first-order valence-electron chi connectivity index (χ1n) is 14.8. The molecule has 2 atom stereocenters. The summed E-state index contributed by atoms with van der Waals surface area (Å²) >= 11 is 1.61. The Morgan fingerprint density at radius 1 is 0.975 bits per heavy atom. The van der Waals surface area contributed by atoms with Crippen LogP contribution in [0.15, 0.2) is 0 Å². The van der Waals surface area contributed by atoms with Crippen molar-refractivity contribution in [2.75, 3.05) is 19.7 Å². The van der Waals surface area contributed by atoms with Gasteiger partial charge < -0.3 is 30.3 Å². The number of amides is 4. The lowest BCUT2D eigenvalue weighted by Crippen LogP contribution is -2.60. The van der Waals surface area contributed by atoms with Gasteiger partial charge >= 0.3 is 12.2 Å². The first-order valence-corrected chi connectivity index (χ1v) is 15.7. The highest BCUT2D eigenvalue weighted by molar-refractivity contribution is 8.01. The number of hydrogen-bond acceptors (Lipinski definition) is 7. The van der Waals surface area contributed by atoms with Crippen LogP contribution < -0.4 is 16.0 Å². The fourth-order valence-corrected chi connectivity index (χ4v) is 6.89. The second-order valence-electron chi connectivity index (χ2n) is 12.8. The third kappa shape index (κ3) is 11.0. The van der Waals surface area contributed by atoms with Crippen LogP contribution in [0.25, 0.3) is 0 Å². The minimum absolute atomic E-state index is 0.0743. The largest absolute Gasteiger partial charge is 0.450 e. The Morgan fingerprint density at radius 3 is 2.20 bits per heavy atom. The predicted molar refractivity (Wildman–Crippen MR) is 158 cm³/mol. The van der Waals surface area contributed by atoms with Crippen molar-refractivity contribution in [2.24, 2.45) is 5.92 Å². The number of nitrogens with one attached hydrogen (secondary N) is 3. The normalized spacial score (nSPS) is 22.4. The summed E-state index contributed by atoms with van der Waals surface area (Å²) in [5.41, 5.74) is -0.529. The zero-order valence-corrected chi connectivity index (χ0v) is 26.6. The maximum absolute atomic E-state index is 13.8. The van der Waals surface area contributed by atoms with Crippen LogP contribution in [0.1, 0.15) is 100 Å². The quantitative estimate of drug-likeness (QED) is 0.324. The number of rotatable bonds is 11. The van der Waals surface area contributed by atoms with Gasteiger partial charge in [0, 0.05) is 23.9 Å². The molecule has 11 heteroatoms. The topological polar surface area (TPSA) is 126 Å². The van der Waals surface area contributed by atoms with Gasteiger partial charge in [-0.25, -0.2) is 9.59 Å². The number of nitrogens with zero attached hydrogens (tertiary/aromatic N) is 1. The first-order chi connectivity index (χ1) is 18.6. The Morgan fingerprint density at radius 2 is 1.62 bits per heavy atom. The molecular formula is C29H52N4O6S. The molecule has 2 aliphatic rings. The highest BCUT2D eigenvalue weighted by Gasteiger charge is 2.44. The number of hydrogen-bond donors (Lipinski definition) is 3. The first kappa shape index (κ1) is 34.0. The summed E-state index contributed by atoms with van der Waals surface area (Å²) in [4.78, 5) is 53.3. The van der Waals surface area contributed by atoms with Crippen molar-refractivity contribution in [1.82, 2.24) is 20.9 Å². The monoisotopic (exact) mass is 584 g/mol. The van der Waals surface area contributed by atoms with E-state index in [2.05, 4.69) is 29.8 Å². The summed E-state index contributed by atoms with van der Waals surface area (Å²) in [6, 6.07) is -1.32. The molecule has 4 amide bonds. The van der Waals surface area contributed by atoms with Gasteiger partial charge in [0.2, 0.25) is 11.8 Å². The number of likely N-dealkylation sites (tertiary alicyclic amines) is 1. The van der Waals surface area contributed by atoms with E-state index in [0.717, 1.165) is 32.1 Å². The molecule has 0 unspecified atom stereocenters. The fourth-order valence-electron chi connectivity index (χ4n) is 5.38. The summed E-state index contributed by atoms with van der Waals surface area (Å²) < 4.78 is 9.98. The van der Waals surface area contributed by atoms with Crippen LogP contribution in [0, 0.1) is 5.92 Å². The molecule has 40 heavy (non-hydrogen) atoms. The molecule has 1 saturated heterocycles. The smallest absolute Gasteiger partial charge is 0.407 e. The Kier molecular flexibility index (Phi) is 12.9. The maximum Gasteiger partial charge on any atom is 0.407 e. The van der Waals surface area contributed by atoms with Gasteiger partial charge in [-0.15, -0.1) is 0 Å². The van der Waals surface area contributed by atoms with E-state index in [1.165, 1.54) is 0 Å². The Hall–Kier alpha value is -2.17. The van der Waals surface area contributed by atoms with Crippen LogP contribution >= 0.6 is 11.8 Å². The van der Waals surface area contributed by atoms with Crippen molar-refractivity contribution in [2.45, 2.75) is 134 Å². The van der Waals surface area contributed by atoms with E-state index in [9.17, 15) is 19.2 Å². The minimum atomic E-state index is -0.828. The lowest BCUT2D eigenvalue weighted by atomic mass is 9.86. The molecule has 10 nitrogen and oxygen atoms in total. The molecule has 1 heterocycles. The summed E-state index contributed by atoms with van der Waals surface area (Å²) in [5, 5.41) is 9.08. The summed E-state index contributed by atoms with van der Waals surface area (Å²) in [7, 11) is 0. The molecule has 0 spiro atoms. The van der Waals surface area contributed by atoms with E-state index < -0.39 is 34.6 Å². The maximum atomic E-state index is 13.8. The molecule has 3 N–H and O–H groups in total. The summed E-state index contributed by atoms with van der Waals surface area (Å²) in [5.74, 6) is -0.0882. The number of alkyl carbamates (subject to hydrolysis) is 2. The third-order valence-corrected chi connectivity index (χ3v) is 8.47. The van der Waals surface area contributed by atoms with E-state index in [4.69, 9.17) is 9.47 Å². The molecule has 1 saturated carbocycles. The SMILES string of the molecule is CCCOC(=O)N[C@@H](C(=O)N1CCC[C@H]1C(=O)NC[C@H]1CC[C@H](NC(=O)OC(C)(C)C)CC1)C(C)(C)SC(C)C. The Labute approximate surface area is 244 Å². The van der Waals surface area contributed by atoms with Crippen molar-refractivity contribution in [3.8, 4) is 0 Å². The lowest BCUT2D eigenvalue weighted by Gasteiger charge is -2.38. The van der Waals surface area contributed by atoms with Crippen LogP contribution in [-0.2, 0) is 19.1 Å². The number of carbonyl (C=O) groups is 4. The third-order valence-electron chi connectivity index (χ3n) is 7.15. The highest BCUT2D eigenvalue weighted by atomic mass is 32.2. The molecule has 2 rings (SSSR count). The molecule has 0 aromatic heterocycles. The second-order valence-corrected chi connectivity index (χ2v) is 15.0. The van der Waals surface area contributed by atoms with E-state index in [0.29, 0.717) is 31.8 Å². The number of ether oxygens (including phenoxy) is 2. The highest BCUT2D eigenvalue weighted by Crippen LogP contribution is 2.34. The fraction of sp³-hybridized carbons (Fsp3) is 0.862. The van der Waals surface area contributed by atoms with Crippen molar-refractivity contribution >= 4 is 35.8 Å². The van der Waals surface area contributed by atoms with Crippen LogP contribution in [0.3, 0.4) is 0 Å². The van der Waals surface area contributed by atoms with Crippen LogP contribution in [0.2, 0.25) is 0 Å². The molecule has 1 aliphatic carbocycles. The molecule has 0 radical (unpaired) electrons. The Balaban J connectivity index is 1.95. The van der Waals surface area contributed by atoms with Crippen LogP contribution in [-0.4, -0.2) is 82.3 Å². The van der Waals surface area contributed by atoms with Gasteiger partial charge in [0.1, 0.15) is 17.7 Å². The average molecular weight is 585 g/mol. The van der Waals surface area contributed by atoms with Crippen LogP contribution in [0.5, 0.6) is 0 Å². The minimum Gasteiger partial charge on any atom is -0.450 e. The lowest BCUT2D eigenvalue weighted by molar-refractivity contribution is -0.140. The zero-order valence-electron chi connectivity index (χ0n) is 25.8. The van der Waals surface area contributed by atoms with Gasteiger partial charge in [-0.3, -0.25) is 9.59 Å². The molecule has 0 aromatic rings. The van der Waals surface area contributed by atoms with E-state index in [-0.39, 0.29) is 29.7 Å². The molecule has 0 bridgehead atoms. The zero-order chi connectivity index (χ0) is 30.1. The van der Waals surface area contributed by atoms with E-state index >= 15 is 0 Å². The predicted octanol–water partition coefficient (Wildman–Crippen LogP) is 4.60. The standard InChI is InChI=1S/C29H52N4O6S/c1-9-17-38-26(36)32-23(29(7,8)40-19(2)3)25(35)33-16-10-11-22(33)24(34)30-18-20-12-14-21(15-13-20)31-27(37)39-28(4,5)6/h19-23H,9-18H2,1-8H3,(H,30,34)(H,31,37)(H,32,36)/t20-,21-,22-,23-/m0/s1. The summed E-state index contributed by atoms with van der Waals surface area (Å²) in [6.45, 7) is 16.7. The van der Waals surface area contributed by atoms with Gasteiger partial charge in [0.15, 0.2) is 0 Å². The second kappa shape index (κ2) is 15.2. The average Bonchev–Trinajstić information content (AvgIpc) is 3.33. The molecule has 0 aromatic carbocycles. The number of carbonyl (C=O) groups excluding carboxylic acids is 4. The van der Waals surface area contributed by atoms with E-state index in [1.807, 2.05) is 41.5 Å². The van der Waals surface area contributed by atoms with Gasteiger partial charge in [0.05, 0.1) is 6.61 Å². The Bertz CT molecular complexity index is 867. The van der Waals surface area contributed by atoms with Crippen molar-refractivity contribution in [1.29, 1.82) is 0 Å². The van der Waals surface area contributed by atoms with Crippen molar-refractivity contribution in [3.05, 3.63) is 0 Å². The molecule has 2 fully saturated rings. The molecule has 230 valence electrons. The van der Waals surface area contributed by atoms with Gasteiger partial charge in [-0.2, -0.15) is 11.8 Å². The van der Waals surface area contributed by atoms with Gasteiger partial charge in [-0.1, -0.05) is 20.8 Å². The summed E-state index contributed by atoms with van der Waals surface area (Å²) in [6.07, 6.45) is 4.44. The van der Waals surface area contributed by atoms with Gasteiger partial charge in [-0.05, 0) is 90.7 Å². The van der Waals surface area contributed by atoms with Crippen LogP contribution in [0.4, 0.5) is 9.59 Å².